The number of hydrogen-bond acceptors (Lipinski definition) is 2. The van der Waals surface area contributed by atoms with Crippen LogP contribution in [0.3, 0.4) is 0 Å². The lowest BCUT2D eigenvalue weighted by Gasteiger charge is -2.19. The van der Waals surface area contributed by atoms with Gasteiger partial charge in [0.1, 0.15) is 0 Å². The number of unbranched alkanes of at least 4 members (excludes halogenated alkanes) is 2. The normalized spacial score (nSPS) is 24.0. The molecule has 1 atom stereocenters. The van der Waals surface area contributed by atoms with Gasteiger partial charge in [-0.25, -0.2) is 0 Å². The van der Waals surface area contributed by atoms with Crippen LogP contribution >= 0.6 is 0 Å². The third-order valence-corrected chi connectivity index (χ3v) is 3.51. The van der Waals surface area contributed by atoms with Gasteiger partial charge >= 0.3 is 0 Å². The Balaban J connectivity index is 2.00. The summed E-state index contributed by atoms with van der Waals surface area (Å²) in [6, 6.07) is 0. The molecule has 1 unspecified atom stereocenters. The van der Waals surface area contributed by atoms with Gasteiger partial charge in [-0.1, -0.05) is 13.3 Å². The van der Waals surface area contributed by atoms with Gasteiger partial charge in [0.2, 0.25) is 0 Å². The fourth-order valence-electron chi connectivity index (χ4n) is 2.36. The van der Waals surface area contributed by atoms with Crippen molar-refractivity contribution in [2.24, 2.45) is 5.92 Å². The first-order valence-corrected chi connectivity index (χ1v) is 6.70. The fraction of sp³-hybridized carbons (Fsp3) is 1.00. The number of hydrogen-bond donors (Lipinski definition) is 1. The predicted octanol–water partition coefficient (Wildman–Crippen LogP) is 2.50. The van der Waals surface area contributed by atoms with Crippen LogP contribution in [-0.4, -0.2) is 38.1 Å². The lowest BCUT2D eigenvalue weighted by Crippen LogP contribution is -2.26. The average molecular weight is 212 g/mol. The lowest BCUT2D eigenvalue weighted by atomic mass is 10.0. The maximum atomic E-state index is 3.21. The molecule has 2 nitrogen and oxygen atoms in total. The minimum absolute atomic E-state index is 0.958. The van der Waals surface area contributed by atoms with E-state index in [4.69, 9.17) is 0 Å². The van der Waals surface area contributed by atoms with Gasteiger partial charge in [0.25, 0.3) is 0 Å². The molecule has 2 heteroatoms. The third kappa shape index (κ3) is 6.16. The molecule has 1 N–H and O–H groups in total. The van der Waals surface area contributed by atoms with Gasteiger partial charge in [0.15, 0.2) is 0 Å². The molecule has 1 heterocycles. The SMILES string of the molecule is CNCCCCCN1CCCC(C)CC1. The van der Waals surface area contributed by atoms with E-state index in [9.17, 15) is 0 Å². The molecule has 90 valence electrons. The Labute approximate surface area is 95.4 Å². The molecule has 15 heavy (non-hydrogen) atoms. The highest BCUT2D eigenvalue weighted by molar-refractivity contribution is 4.67. The van der Waals surface area contributed by atoms with E-state index in [1.54, 1.807) is 0 Å². The molecule has 0 bridgehead atoms. The maximum absolute atomic E-state index is 3.21. The van der Waals surface area contributed by atoms with Crippen molar-refractivity contribution in [1.29, 1.82) is 0 Å². The van der Waals surface area contributed by atoms with E-state index >= 15 is 0 Å². The highest BCUT2D eigenvalue weighted by Gasteiger charge is 2.12. The Kier molecular flexibility index (Phi) is 7.03. The molecule has 0 saturated carbocycles. The van der Waals surface area contributed by atoms with Crippen molar-refractivity contribution in [1.82, 2.24) is 10.2 Å². The van der Waals surface area contributed by atoms with E-state index in [2.05, 4.69) is 17.1 Å². The van der Waals surface area contributed by atoms with Crippen LogP contribution < -0.4 is 5.32 Å². The van der Waals surface area contributed by atoms with Crippen LogP contribution in [0.5, 0.6) is 0 Å². The van der Waals surface area contributed by atoms with Crippen LogP contribution in [0.15, 0.2) is 0 Å². The van der Waals surface area contributed by atoms with Crippen molar-refractivity contribution in [2.45, 2.75) is 45.4 Å². The summed E-state index contributed by atoms with van der Waals surface area (Å²) in [5.41, 5.74) is 0. The van der Waals surface area contributed by atoms with Gasteiger partial charge in [-0.15, -0.1) is 0 Å². The number of nitrogens with one attached hydrogen (secondary N) is 1. The zero-order valence-electron chi connectivity index (χ0n) is 10.6. The Morgan fingerprint density at radius 2 is 2.00 bits per heavy atom. The van der Waals surface area contributed by atoms with Crippen molar-refractivity contribution >= 4 is 0 Å². The highest BCUT2D eigenvalue weighted by atomic mass is 15.1. The largest absolute Gasteiger partial charge is 0.320 e. The summed E-state index contributed by atoms with van der Waals surface area (Å²) in [5, 5.41) is 3.21. The van der Waals surface area contributed by atoms with Crippen LogP contribution in [-0.2, 0) is 0 Å². The molecule has 1 rings (SSSR count). The summed E-state index contributed by atoms with van der Waals surface area (Å²) in [7, 11) is 2.04. The van der Waals surface area contributed by atoms with Gasteiger partial charge in [-0.05, 0) is 71.2 Å². The molecule has 0 aromatic carbocycles. The molecular weight excluding hydrogens is 184 g/mol. The maximum Gasteiger partial charge on any atom is -0.00162 e. The zero-order chi connectivity index (χ0) is 10.9. The topological polar surface area (TPSA) is 15.3 Å². The third-order valence-electron chi connectivity index (χ3n) is 3.51. The van der Waals surface area contributed by atoms with E-state index in [-0.39, 0.29) is 0 Å². The summed E-state index contributed by atoms with van der Waals surface area (Å²) in [4.78, 5) is 2.67. The molecule has 1 fully saturated rings. The number of likely N-dealkylation sites (tertiary alicyclic amines) is 1. The van der Waals surface area contributed by atoms with Crippen LogP contribution in [0.1, 0.15) is 45.4 Å². The van der Waals surface area contributed by atoms with E-state index < -0.39 is 0 Å². The molecule has 0 aromatic rings. The number of nitrogens with zero attached hydrogens (tertiary/aromatic N) is 1. The van der Waals surface area contributed by atoms with E-state index in [0.717, 1.165) is 5.92 Å². The van der Waals surface area contributed by atoms with Gasteiger partial charge in [-0.2, -0.15) is 0 Å². The summed E-state index contributed by atoms with van der Waals surface area (Å²) < 4.78 is 0. The second-order valence-electron chi connectivity index (χ2n) is 5.04. The first-order valence-electron chi connectivity index (χ1n) is 6.70. The van der Waals surface area contributed by atoms with Crippen molar-refractivity contribution in [2.75, 3.05) is 33.2 Å². The van der Waals surface area contributed by atoms with Crippen LogP contribution in [0.25, 0.3) is 0 Å². The monoisotopic (exact) mass is 212 g/mol. The Hall–Kier alpha value is -0.0800. The van der Waals surface area contributed by atoms with Crippen molar-refractivity contribution < 1.29 is 0 Å². The smallest absolute Gasteiger partial charge is 0.00162 e. The molecule has 1 aliphatic heterocycles. The van der Waals surface area contributed by atoms with Gasteiger partial charge in [0.05, 0.1) is 0 Å². The van der Waals surface area contributed by atoms with Gasteiger partial charge in [0, 0.05) is 0 Å². The second-order valence-corrected chi connectivity index (χ2v) is 5.04. The summed E-state index contributed by atoms with van der Waals surface area (Å²) in [5.74, 6) is 0.958. The second kappa shape index (κ2) is 8.12. The van der Waals surface area contributed by atoms with Gasteiger partial charge in [-0.3, -0.25) is 0 Å². The Morgan fingerprint density at radius 3 is 2.80 bits per heavy atom. The predicted molar refractivity (Wildman–Crippen MR) is 67.2 cm³/mol. The molecule has 1 aliphatic rings. The average Bonchev–Trinajstić information content (AvgIpc) is 2.43. The van der Waals surface area contributed by atoms with Crippen LogP contribution in [0, 0.1) is 5.92 Å². The van der Waals surface area contributed by atoms with Crippen molar-refractivity contribution in [3.8, 4) is 0 Å². The zero-order valence-corrected chi connectivity index (χ0v) is 10.6. The molecule has 0 spiro atoms. The molecule has 0 amide bonds. The van der Waals surface area contributed by atoms with E-state index in [1.165, 1.54) is 64.7 Å². The summed E-state index contributed by atoms with van der Waals surface area (Å²) >= 11 is 0. The van der Waals surface area contributed by atoms with E-state index in [1.807, 2.05) is 7.05 Å². The van der Waals surface area contributed by atoms with Crippen molar-refractivity contribution in [3.05, 3.63) is 0 Å². The van der Waals surface area contributed by atoms with E-state index in [0.29, 0.717) is 0 Å². The number of rotatable bonds is 6. The first-order chi connectivity index (χ1) is 7.33. The summed E-state index contributed by atoms with van der Waals surface area (Å²) in [6.45, 7) is 7.59. The minimum atomic E-state index is 0.958. The van der Waals surface area contributed by atoms with Crippen LogP contribution in [0.4, 0.5) is 0 Å². The fourth-order valence-corrected chi connectivity index (χ4v) is 2.36. The standard InChI is InChI=1S/C13H28N2/c1-13-7-6-11-15(12-8-13)10-5-3-4-9-14-2/h13-14H,3-12H2,1-2H3. The molecule has 0 aromatic heterocycles. The molecular formula is C13H28N2. The first kappa shape index (κ1) is 13.0. The van der Waals surface area contributed by atoms with Crippen molar-refractivity contribution in [3.63, 3.8) is 0 Å². The highest BCUT2D eigenvalue weighted by Crippen LogP contribution is 2.16. The molecule has 0 aliphatic carbocycles. The lowest BCUT2D eigenvalue weighted by molar-refractivity contribution is 0.275. The van der Waals surface area contributed by atoms with Crippen LogP contribution in [0.2, 0.25) is 0 Å². The quantitative estimate of drug-likeness (QED) is 0.681. The Morgan fingerprint density at radius 1 is 1.13 bits per heavy atom. The van der Waals surface area contributed by atoms with Gasteiger partial charge < -0.3 is 10.2 Å². The molecule has 0 radical (unpaired) electrons. The summed E-state index contributed by atoms with van der Waals surface area (Å²) in [6.07, 6.45) is 8.37. The minimum Gasteiger partial charge on any atom is -0.320 e. The Bertz CT molecular complexity index is 147. The molecule has 1 saturated heterocycles.